The van der Waals surface area contributed by atoms with Gasteiger partial charge < -0.3 is 4.74 Å². The van der Waals surface area contributed by atoms with Crippen LogP contribution in [0.15, 0.2) is 35.5 Å². The fourth-order valence-electron chi connectivity index (χ4n) is 2.79. The Morgan fingerprint density at radius 2 is 1.48 bits per heavy atom. The van der Waals surface area contributed by atoms with E-state index in [1.54, 1.807) is 0 Å². The maximum absolute atomic E-state index is 11.5. The molecule has 0 aromatic heterocycles. The fraction of sp³-hybridized carbons (Fsp3) is 0.696. The Labute approximate surface area is 156 Å². The van der Waals surface area contributed by atoms with Crippen LogP contribution in [0.25, 0.3) is 0 Å². The third kappa shape index (κ3) is 14.7. The molecule has 0 saturated carbocycles. The smallest absolute Gasteiger partial charge is 0.330 e. The Balaban J connectivity index is 4.81. The Hall–Kier alpha value is -1.31. The highest BCUT2D eigenvalue weighted by Crippen LogP contribution is 2.19. The van der Waals surface area contributed by atoms with Crippen molar-refractivity contribution in [3.63, 3.8) is 0 Å². The van der Waals surface area contributed by atoms with Crippen LogP contribution in [0.4, 0.5) is 0 Å². The van der Waals surface area contributed by atoms with E-state index in [-0.39, 0.29) is 5.97 Å². The van der Waals surface area contributed by atoms with Crippen molar-refractivity contribution in [2.45, 2.75) is 98.3 Å². The average molecular weight is 349 g/mol. The van der Waals surface area contributed by atoms with Crippen LogP contribution < -0.4 is 0 Å². The number of carbonyl (C=O) groups is 1. The normalized spacial score (nSPS) is 12.8. The van der Waals surface area contributed by atoms with Gasteiger partial charge in [-0.25, -0.2) is 4.79 Å². The topological polar surface area (TPSA) is 26.3 Å². The zero-order valence-electron chi connectivity index (χ0n) is 17.1. The largest absolute Gasteiger partial charge is 0.463 e. The number of allylic oxidation sites excluding steroid dienone is 5. The Bertz CT molecular complexity index is 416. The average Bonchev–Trinajstić information content (AvgIpc) is 2.61. The zero-order chi connectivity index (χ0) is 18.8. The minimum Gasteiger partial charge on any atom is -0.463 e. The van der Waals surface area contributed by atoms with Gasteiger partial charge in [0.15, 0.2) is 0 Å². The summed E-state index contributed by atoms with van der Waals surface area (Å²) in [6.07, 6.45) is 21.5. The number of esters is 1. The summed E-state index contributed by atoms with van der Waals surface area (Å²) in [4.78, 5) is 11.5. The molecule has 0 spiro atoms. The third-order valence-corrected chi connectivity index (χ3v) is 4.34. The van der Waals surface area contributed by atoms with Crippen LogP contribution in [0.5, 0.6) is 0 Å². The second-order valence-electron chi connectivity index (χ2n) is 6.63. The molecular weight excluding hydrogens is 308 g/mol. The van der Waals surface area contributed by atoms with Crippen LogP contribution in [0.2, 0.25) is 0 Å². The first-order valence-corrected chi connectivity index (χ1v) is 10.4. The molecular formula is C23H40O2. The summed E-state index contributed by atoms with van der Waals surface area (Å²) >= 11 is 0. The van der Waals surface area contributed by atoms with E-state index in [9.17, 15) is 4.79 Å². The number of carbonyl (C=O) groups excluding carboxylic acids is 1. The van der Waals surface area contributed by atoms with E-state index in [4.69, 9.17) is 4.74 Å². The van der Waals surface area contributed by atoms with Crippen molar-refractivity contribution in [3.05, 3.63) is 35.5 Å². The summed E-state index contributed by atoms with van der Waals surface area (Å²) in [6, 6.07) is 0. The van der Waals surface area contributed by atoms with Crippen LogP contribution >= 0.6 is 0 Å². The van der Waals surface area contributed by atoms with Crippen molar-refractivity contribution in [3.8, 4) is 0 Å². The van der Waals surface area contributed by atoms with E-state index >= 15 is 0 Å². The molecule has 0 rings (SSSR count). The van der Waals surface area contributed by atoms with Crippen molar-refractivity contribution < 1.29 is 9.53 Å². The number of hydrogen-bond donors (Lipinski definition) is 0. The molecule has 0 amide bonds. The Morgan fingerprint density at radius 3 is 2.04 bits per heavy atom. The van der Waals surface area contributed by atoms with Gasteiger partial charge in [0.1, 0.15) is 0 Å². The SMILES string of the molecule is CCCCCCC(=C/C=C/C(=O)OCC)/C=C(/CC)CCCCCC. The second-order valence-corrected chi connectivity index (χ2v) is 6.63. The molecule has 0 saturated heterocycles. The monoisotopic (exact) mass is 348 g/mol. The van der Waals surface area contributed by atoms with Crippen molar-refractivity contribution in [1.29, 1.82) is 0 Å². The maximum atomic E-state index is 11.5. The number of ether oxygens (including phenoxy) is 1. The van der Waals surface area contributed by atoms with Gasteiger partial charge in [0.05, 0.1) is 6.61 Å². The zero-order valence-corrected chi connectivity index (χ0v) is 17.1. The molecule has 0 radical (unpaired) electrons. The highest BCUT2D eigenvalue weighted by atomic mass is 16.5. The first-order chi connectivity index (χ1) is 12.2. The summed E-state index contributed by atoms with van der Waals surface area (Å²) in [6.45, 7) is 8.99. The molecule has 0 fully saturated rings. The van der Waals surface area contributed by atoms with E-state index in [0.29, 0.717) is 6.61 Å². The summed E-state index contributed by atoms with van der Waals surface area (Å²) < 4.78 is 4.94. The quantitative estimate of drug-likeness (QED) is 0.134. The Morgan fingerprint density at radius 1 is 0.840 bits per heavy atom. The van der Waals surface area contributed by atoms with Crippen LogP contribution in [0.1, 0.15) is 98.3 Å². The number of hydrogen-bond acceptors (Lipinski definition) is 2. The molecule has 0 atom stereocenters. The Kier molecular flexibility index (Phi) is 16.6. The lowest BCUT2D eigenvalue weighted by atomic mass is 9.98. The molecule has 2 nitrogen and oxygen atoms in total. The van der Waals surface area contributed by atoms with E-state index in [0.717, 1.165) is 12.8 Å². The minimum atomic E-state index is -0.261. The number of unbranched alkanes of at least 4 members (excludes halogenated alkanes) is 6. The third-order valence-electron chi connectivity index (χ3n) is 4.34. The highest BCUT2D eigenvalue weighted by Gasteiger charge is 2.00. The molecule has 0 bridgehead atoms. The summed E-state index contributed by atoms with van der Waals surface area (Å²) in [5.74, 6) is -0.261. The van der Waals surface area contributed by atoms with Gasteiger partial charge in [0, 0.05) is 6.08 Å². The summed E-state index contributed by atoms with van der Waals surface area (Å²) in [5, 5.41) is 0. The molecule has 0 aliphatic rings. The van der Waals surface area contributed by atoms with Crippen molar-refractivity contribution in [1.82, 2.24) is 0 Å². The lowest BCUT2D eigenvalue weighted by Gasteiger charge is -2.08. The maximum Gasteiger partial charge on any atom is 0.330 e. The predicted molar refractivity (Wildman–Crippen MR) is 110 cm³/mol. The van der Waals surface area contributed by atoms with Crippen LogP contribution in [-0.2, 0) is 9.53 Å². The summed E-state index contributed by atoms with van der Waals surface area (Å²) in [5.41, 5.74) is 2.87. The molecule has 2 heteroatoms. The fourth-order valence-corrected chi connectivity index (χ4v) is 2.79. The van der Waals surface area contributed by atoms with E-state index in [1.165, 1.54) is 75.0 Å². The molecule has 25 heavy (non-hydrogen) atoms. The van der Waals surface area contributed by atoms with Gasteiger partial charge in [-0.15, -0.1) is 0 Å². The summed E-state index contributed by atoms with van der Waals surface area (Å²) in [7, 11) is 0. The predicted octanol–water partition coefficient (Wildman–Crippen LogP) is 7.31. The van der Waals surface area contributed by atoms with Crippen molar-refractivity contribution in [2.24, 2.45) is 0 Å². The lowest BCUT2D eigenvalue weighted by Crippen LogP contribution is -1.98. The molecule has 0 aromatic rings. The van der Waals surface area contributed by atoms with Gasteiger partial charge in [0.25, 0.3) is 0 Å². The minimum absolute atomic E-state index is 0.261. The molecule has 0 unspecified atom stereocenters. The molecule has 0 aromatic carbocycles. The molecule has 0 aliphatic heterocycles. The number of rotatable bonds is 15. The first kappa shape index (κ1) is 23.7. The van der Waals surface area contributed by atoms with Crippen LogP contribution in [0.3, 0.4) is 0 Å². The first-order valence-electron chi connectivity index (χ1n) is 10.4. The van der Waals surface area contributed by atoms with Gasteiger partial charge in [-0.3, -0.25) is 0 Å². The van der Waals surface area contributed by atoms with E-state index < -0.39 is 0 Å². The van der Waals surface area contributed by atoms with Crippen molar-refractivity contribution in [2.75, 3.05) is 6.61 Å². The standard InChI is InChI=1S/C23H40O2/c1-5-9-11-13-16-21(7-3)20-22(17-14-12-10-6-2)18-15-19-23(24)25-8-4/h15,18-20H,5-14,16-17H2,1-4H3/b19-15+,21-20-,22-18-. The van der Waals surface area contributed by atoms with Crippen LogP contribution in [-0.4, -0.2) is 12.6 Å². The lowest BCUT2D eigenvalue weighted by molar-refractivity contribution is -0.137. The van der Waals surface area contributed by atoms with Gasteiger partial charge in [-0.05, 0) is 44.6 Å². The van der Waals surface area contributed by atoms with E-state index in [2.05, 4.69) is 32.9 Å². The van der Waals surface area contributed by atoms with E-state index in [1.807, 2.05) is 13.0 Å². The molecule has 0 aliphatic carbocycles. The van der Waals surface area contributed by atoms with Gasteiger partial charge in [-0.2, -0.15) is 0 Å². The van der Waals surface area contributed by atoms with Gasteiger partial charge in [0.2, 0.25) is 0 Å². The van der Waals surface area contributed by atoms with Crippen molar-refractivity contribution >= 4 is 5.97 Å². The van der Waals surface area contributed by atoms with Crippen LogP contribution in [0, 0.1) is 0 Å². The van der Waals surface area contributed by atoms with Gasteiger partial charge in [-0.1, -0.05) is 83.1 Å². The molecule has 0 N–H and O–H groups in total. The molecule has 0 heterocycles. The van der Waals surface area contributed by atoms with Gasteiger partial charge >= 0.3 is 5.97 Å². The molecule has 144 valence electrons. The highest BCUT2D eigenvalue weighted by molar-refractivity contribution is 5.82. The second kappa shape index (κ2) is 17.5.